The van der Waals surface area contributed by atoms with E-state index in [0.717, 1.165) is 12.8 Å². The lowest BCUT2D eigenvalue weighted by atomic mass is 9.96. The summed E-state index contributed by atoms with van der Waals surface area (Å²) in [5.41, 5.74) is 1.89. The molecule has 32 heavy (non-hydrogen) atoms. The molecule has 1 atom stereocenters. The van der Waals surface area contributed by atoms with Gasteiger partial charge in [0, 0.05) is 30.6 Å². The highest BCUT2D eigenvalue weighted by Gasteiger charge is 2.34. The fraction of sp³-hybridized carbons (Fsp3) is 0.476. The van der Waals surface area contributed by atoms with Crippen LogP contribution in [-0.2, 0) is 11.4 Å². The van der Waals surface area contributed by atoms with Crippen molar-refractivity contribution in [1.29, 1.82) is 0 Å². The maximum atomic E-state index is 13.2. The molecule has 1 aromatic carbocycles. The number of carbonyl (C=O) groups is 2. The van der Waals surface area contributed by atoms with E-state index in [4.69, 9.17) is 9.47 Å². The molecular weight excluding hydrogens is 436 g/mol. The Balaban J connectivity index is 1.54. The van der Waals surface area contributed by atoms with Crippen molar-refractivity contribution in [3.63, 3.8) is 0 Å². The third-order valence-corrected chi connectivity index (χ3v) is 6.21. The number of rotatable bonds is 8. The second-order valence-electron chi connectivity index (χ2n) is 7.92. The number of thiazole rings is 1. The Labute approximate surface area is 188 Å². The van der Waals surface area contributed by atoms with Gasteiger partial charge in [0.15, 0.2) is 11.5 Å². The molecular formula is C21H24N4O6S. The molecule has 2 fully saturated rings. The average Bonchev–Trinajstić information content (AvgIpc) is 3.46. The van der Waals surface area contributed by atoms with Crippen molar-refractivity contribution in [2.75, 3.05) is 20.2 Å². The van der Waals surface area contributed by atoms with Crippen LogP contribution in [0.25, 0.3) is 0 Å². The number of nitro benzene ring substituents is 1. The zero-order valence-electron chi connectivity index (χ0n) is 17.6. The Hall–Kier alpha value is -3.21. The maximum Gasteiger partial charge on any atom is 0.286 e. The molecule has 11 heteroatoms. The predicted octanol–water partition coefficient (Wildman–Crippen LogP) is 2.77. The van der Waals surface area contributed by atoms with Gasteiger partial charge in [-0.25, -0.2) is 4.98 Å². The van der Waals surface area contributed by atoms with Crippen molar-refractivity contribution in [3.8, 4) is 11.5 Å². The molecule has 2 heterocycles. The summed E-state index contributed by atoms with van der Waals surface area (Å²) in [6, 6.07) is 2.79. The molecule has 1 saturated heterocycles. The molecule has 1 aliphatic carbocycles. The largest absolute Gasteiger partial charge is 0.493 e. The first-order valence-corrected chi connectivity index (χ1v) is 11.4. The number of nitrogens with one attached hydrogen (secondary N) is 1. The fourth-order valence-electron chi connectivity index (χ4n) is 3.70. The molecule has 1 N–H and O–H groups in total. The molecule has 2 aliphatic rings. The van der Waals surface area contributed by atoms with Gasteiger partial charge in [-0.15, -0.1) is 11.3 Å². The van der Waals surface area contributed by atoms with E-state index < -0.39 is 10.8 Å². The van der Waals surface area contributed by atoms with Gasteiger partial charge in [0.1, 0.15) is 12.2 Å². The topological polar surface area (TPSA) is 124 Å². The number of methoxy groups -OCH3 is 1. The molecule has 4 rings (SSSR count). The van der Waals surface area contributed by atoms with Gasteiger partial charge >= 0.3 is 0 Å². The van der Waals surface area contributed by atoms with E-state index in [-0.39, 0.29) is 53.8 Å². The zero-order valence-corrected chi connectivity index (χ0v) is 18.4. The van der Waals surface area contributed by atoms with Crippen molar-refractivity contribution in [1.82, 2.24) is 15.2 Å². The Kier molecular flexibility index (Phi) is 6.54. The minimum absolute atomic E-state index is 0.0529. The average molecular weight is 461 g/mol. The van der Waals surface area contributed by atoms with Crippen LogP contribution >= 0.6 is 11.3 Å². The van der Waals surface area contributed by atoms with E-state index in [1.165, 1.54) is 35.5 Å². The first kappa shape index (κ1) is 22.0. The summed E-state index contributed by atoms with van der Waals surface area (Å²) < 4.78 is 11.0. The SMILES string of the molecule is COc1cc(C(=O)N2CCCC(C(=O)NC3CC3)C2)c([N+](=O)[O-])cc1OCc1cscn1. The molecule has 0 radical (unpaired) electrons. The van der Waals surface area contributed by atoms with Crippen LogP contribution in [0.1, 0.15) is 41.7 Å². The van der Waals surface area contributed by atoms with Gasteiger partial charge in [-0.2, -0.15) is 0 Å². The summed E-state index contributed by atoms with van der Waals surface area (Å²) in [5, 5.41) is 16.5. The van der Waals surface area contributed by atoms with Crippen LogP contribution in [0, 0.1) is 16.0 Å². The van der Waals surface area contributed by atoms with Gasteiger partial charge in [-0.3, -0.25) is 19.7 Å². The summed E-state index contributed by atoms with van der Waals surface area (Å²) in [5.74, 6) is -0.485. The van der Waals surface area contributed by atoms with Crippen molar-refractivity contribution < 1.29 is 24.0 Å². The molecule has 1 aliphatic heterocycles. The lowest BCUT2D eigenvalue weighted by Crippen LogP contribution is -2.46. The molecule has 0 bridgehead atoms. The summed E-state index contributed by atoms with van der Waals surface area (Å²) >= 11 is 1.41. The van der Waals surface area contributed by atoms with Gasteiger partial charge in [0.05, 0.1) is 35.2 Å². The van der Waals surface area contributed by atoms with Crippen LogP contribution in [0.5, 0.6) is 11.5 Å². The second-order valence-corrected chi connectivity index (χ2v) is 8.64. The highest BCUT2D eigenvalue weighted by molar-refractivity contribution is 7.07. The van der Waals surface area contributed by atoms with Gasteiger partial charge < -0.3 is 19.7 Å². The number of hydrogen-bond donors (Lipinski definition) is 1. The van der Waals surface area contributed by atoms with Crippen LogP contribution in [0.4, 0.5) is 5.69 Å². The van der Waals surface area contributed by atoms with E-state index in [1.54, 1.807) is 5.51 Å². The number of aromatic nitrogens is 1. The molecule has 0 spiro atoms. The smallest absolute Gasteiger partial charge is 0.286 e. The summed E-state index contributed by atoms with van der Waals surface area (Å²) in [7, 11) is 1.41. The van der Waals surface area contributed by atoms with Crippen molar-refractivity contribution >= 4 is 28.8 Å². The molecule has 1 saturated carbocycles. The van der Waals surface area contributed by atoms with E-state index in [1.807, 2.05) is 5.38 Å². The minimum atomic E-state index is -0.608. The van der Waals surface area contributed by atoms with Gasteiger partial charge in [0.25, 0.3) is 11.6 Å². The van der Waals surface area contributed by atoms with Crippen LogP contribution in [-0.4, -0.2) is 52.9 Å². The number of amides is 2. The quantitative estimate of drug-likeness (QED) is 0.474. The monoisotopic (exact) mass is 460 g/mol. The van der Waals surface area contributed by atoms with Gasteiger partial charge in [0.2, 0.25) is 5.91 Å². The first-order chi connectivity index (χ1) is 15.5. The maximum absolute atomic E-state index is 13.2. The Morgan fingerprint density at radius 3 is 2.78 bits per heavy atom. The summed E-state index contributed by atoms with van der Waals surface area (Å²) in [6.07, 6.45) is 3.33. The number of hydrogen-bond acceptors (Lipinski definition) is 8. The van der Waals surface area contributed by atoms with Crippen LogP contribution in [0.3, 0.4) is 0 Å². The number of benzene rings is 1. The first-order valence-electron chi connectivity index (χ1n) is 10.4. The fourth-order valence-corrected chi connectivity index (χ4v) is 4.24. The Morgan fingerprint density at radius 1 is 1.31 bits per heavy atom. The molecule has 1 aromatic heterocycles. The molecule has 10 nitrogen and oxygen atoms in total. The van der Waals surface area contributed by atoms with Crippen LogP contribution < -0.4 is 14.8 Å². The number of nitro groups is 1. The Morgan fingerprint density at radius 2 is 2.12 bits per heavy atom. The normalized spacial score (nSPS) is 18.2. The molecule has 170 valence electrons. The van der Waals surface area contributed by atoms with E-state index in [9.17, 15) is 19.7 Å². The standard InChI is InChI=1S/C21H24N4O6S/c1-30-18-7-16(17(25(28)29)8-19(18)31-10-15-11-32-12-22-15)21(27)24-6-2-3-13(9-24)20(26)23-14-4-5-14/h7-8,11-14H,2-6,9-10H2,1H3,(H,23,26). The second kappa shape index (κ2) is 9.51. The number of likely N-dealkylation sites (tertiary alicyclic amines) is 1. The zero-order chi connectivity index (χ0) is 22.7. The van der Waals surface area contributed by atoms with Gasteiger partial charge in [-0.05, 0) is 25.7 Å². The third kappa shape index (κ3) is 4.98. The summed E-state index contributed by atoms with van der Waals surface area (Å²) in [4.78, 5) is 42.5. The van der Waals surface area contributed by atoms with Crippen LogP contribution in [0.15, 0.2) is 23.0 Å². The molecule has 1 unspecified atom stereocenters. The lowest BCUT2D eigenvalue weighted by molar-refractivity contribution is -0.385. The van der Waals surface area contributed by atoms with Crippen LogP contribution in [0.2, 0.25) is 0 Å². The van der Waals surface area contributed by atoms with Gasteiger partial charge in [-0.1, -0.05) is 0 Å². The number of carbonyl (C=O) groups excluding carboxylic acids is 2. The third-order valence-electron chi connectivity index (χ3n) is 5.57. The minimum Gasteiger partial charge on any atom is -0.493 e. The number of piperidine rings is 1. The van der Waals surface area contributed by atoms with Crippen molar-refractivity contribution in [2.24, 2.45) is 5.92 Å². The van der Waals surface area contributed by atoms with Crippen molar-refractivity contribution in [3.05, 3.63) is 44.4 Å². The highest BCUT2D eigenvalue weighted by Crippen LogP contribution is 2.36. The van der Waals surface area contributed by atoms with E-state index in [0.29, 0.717) is 25.1 Å². The number of ether oxygens (including phenoxy) is 2. The highest BCUT2D eigenvalue weighted by atomic mass is 32.1. The lowest BCUT2D eigenvalue weighted by Gasteiger charge is -2.32. The van der Waals surface area contributed by atoms with E-state index >= 15 is 0 Å². The molecule has 2 amide bonds. The van der Waals surface area contributed by atoms with E-state index in [2.05, 4.69) is 10.3 Å². The number of nitrogens with zero attached hydrogens (tertiary/aromatic N) is 3. The molecule has 2 aromatic rings. The summed E-state index contributed by atoms with van der Waals surface area (Å²) in [6.45, 7) is 0.792. The van der Waals surface area contributed by atoms with Crippen molar-refractivity contribution in [2.45, 2.75) is 38.3 Å². The predicted molar refractivity (Wildman–Crippen MR) is 116 cm³/mol. The Bertz CT molecular complexity index is 1010.